The minimum atomic E-state index is -0.845. The first kappa shape index (κ1) is 16.3. The average Bonchev–Trinajstić information content (AvgIpc) is 2.41. The van der Waals surface area contributed by atoms with E-state index in [1.807, 2.05) is 0 Å². The number of carbonyl (C=O) groups excluding carboxylic acids is 1. The van der Waals surface area contributed by atoms with Crippen LogP contribution in [0.25, 0.3) is 0 Å². The van der Waals surface area contributed by atoms with Crippen molar-refractivity contribution in [2.75, 3.05) is 0 Å². The van der Waals surface area contributed by atoms with Gasteiger partial charge in [0.1, 0.15) is 0 Å². The van der Waals surface area contributed by atoms with Crippen LogP contribution in [-0.2, 0) is 4.79 Å². The minimum Gasteiger partial charge on any atom is -0.481 e. The fourth-order valence-corrected chi connectivity index (χ4v) is 3.58. The lowest BCUT2D eigenvalue weighted by molar-refractivity contribution is -0.140. The molecule has 1 aromatic rings. The Hall–Kier alpha value is -1.06. The number of hydrogen-bond donors (Lipinski definition) is 1. The quantitative estimate of drug-likeness (QED) is 0.774. The smallest absolute Gasteiger partial charge is 0.303 e. The average molecular weight is 329 g/mol. The highest BCUT2D eigenvalue weighted by Crippen LogP contribution is 2.43. The summed E-state index contributed by atoms with van der Waals surface area (Å²) in [4.78, 5) is 23.7. The molecule has 0 bridgehead atoms. The SMILES string of the molecule is O=C(O)CC1(CC(=O)c2cc(Cl)ccc2Cl)CCCCC1. The van der Waals surface area contributed by atoms with Crippen LogP contribution in [-0.4, -0.2) is 16.9 Å². The first-order chi connectivity index (χ1) is 9.92. The molecule has 3 nitrogen and oxygen atoms in total. The van der Waals surface area contributed by atoms with Crippen molar-refractivity contribution in [1.29, 1.82) is 0 Å². The summed E-state index contributed by atoms with van der Waals surface area (Å²) in [6.07, 6.45) is 4.88. The van der Waals surface area contributed by atoms with Gasteiger partial charge >= 0.3 is 5.97 Å². The molecule has 1 aromatic carbocycles. The zero-order valence-electron chi connectivity index (χ0n) is 11.7. The molecule has 0 aromatic heterocycles. The molecule has 0 radical (unpaired) electrons. The number of carboxylic acids is 1. The molecule has 1 aliphatic rings. The van der Waals surface area contributed by atoms with E-state index in [0.717, 1.165) is 32.1 Å². The Morgan fingerprint density at radius 1 is 1.10 bits per heavy atom. The third-order valence-corrected chi connectivity index (χ3v) is 4.77. The van der Waals surface area contributed by atoms with E-state index in [1.165, 1.54) is 0 Å². The van der Waals surface area contributed by atoms with Gasteiger partial charge < -0.3 is 5.11 Å². The van der Waals surface area contributed by atoms with Crippen LogP contribution in [0.4, 0.5) is 0 Å². The predicted molar refractivity (Wildman–Crippen MR) is 83.2 cm³/mol. The van der Waals surface area contributed by atoms with E-state index in [1.54, 1.807) is 18.2 Å². The van der Waals surface area contributed by atoms with Crippen LogP contribution in [0, 0.1) is 5.41 Å². The Morgan fingerprint density at radius 2 is 1.76 bits per heavy atom. The molecule has 0 amide bonds. The van der Waals surface area contributed by atoms with Crippen LogP contribution in [0.15, 0.2) is 18.2 Å². The van der Waals surface area contributed by atoms with Crippen molar-refractivity contribution >= 4 is 35.0 Å². The third-order valence-electron chi connectivity index (χ3n) is 4.20. The van der Waals surface area contributed by atoms with E-state index in [9.17, 15) is 9.59 Å². The molecule has 0 spiro atoms. The maximum absolute atomic E-state index is 12.5. The monoisotopic (exact) mass is 328 g/mol. The molecule has 114 valence electrons. The molecule has 0 unspecified atom stereocenters. The lowest BCUT2D eigenvalue weighted by Crippen LogP contribution is -2.30. The van der Waals surface area contributed by atoms with Gasteiger partial charge in [-0.1, -0.05) is 42.5 Å². The number of carbonyl (C=O) groups is 2. The van der Waals surface area contributed by atoms with Gasteiger partial charge in [-0.2, -0.15) is 0 Å². The van der Waals surface area contributed by atoms with Gasteiger partial charge in [-0.15, -0.1) is 0 Å². The highest BCUT2D eigenvalue weighted by Gasteiger charge is 2.36. The first-order valence-electron chi connectivity index (χ1n) is 7.12. The molecular formula is C16H18Cl2O3. The summed E-state index contributed by atoms with van der Waals surface area (Å²) in [5, 5.41) is 9.98. The summed E-state index contributed by atoms with van der Waals surface area (Å²) in [5.74, 6) is -0.965. The van der Waals surface area contributed by atoms with Gasteiger partial charge in [0.2, 0.25) is 0 Å². The number of aliphatic carboxylic acids is 1. The maximum atomic E-state index is 12.5. The van der Waals surface area contributed by atoms with Gasteiger partial charge in [0.15, 0.2) is 5.78 Å². The second-order valence-corrected chi connectivity index (χ2v) is 6.70. The highest BCUT2D eigenvalue weighted by atomic mass is 35.5. The fraction of sp³-hybridized carbons (Fsp3) is 0.500. The van der Waals surface area contributed by atoms with E-state index in [0.29, 0.717) is 15.6 Å². The molecule has 1 fully saturated rings. The Kier molecular flexibility index (Phi) is 5.28. The Bertz CT molecular complexity index is 548. The van der Waals surface area contributed by atoms with Crippen molar-refractivity contribution in [1.82, 2.24) is 0 Å². The summed E-state index contributed by atoms with van der Waals surface area (Å²) >= 11 is 12.0. The van der Waals surface area contributed by atoms with E-state index in [2.05, 4.69) is 0 Å². The molecule has 0 heterocycles. The van der Waals surface area contributed by atoms with Gasteiger partial charge in [0, 0.05) is 17.0 Å². The van der Waals surface area contributed by atoms with Crippen LogP contribution in [0.2, 0.25) is 10.0 Å². The van der Waals surface area contributed by atoms with Gasteiger partial charge in [-0.05, 0) is 36.5 Å². The van der Waals surface area contributed by atoms with Crippen LogP contribution in [0.1, 0.15) is 55.3 Å². The first-order valence-corrected chi connectivity index (χ1v) is 7.88. The van der Waals surface area contributed by atoms with Crippen molar-refractivity contribution in [3.05, 3.63) is 33.8 Å². The molecule has 2 rings (SSSR count). The molecule has 1 aliphatic carbocycles. The van der Waals surface area contributed by atoms with Gasteiger partial charge in [0.05, 0.1) is 11.4 Å². The fourth-order valence-electron chi connectivity index (χ4n) is 3.19. The topological polar surface area (TPSA) is 54.4 Å². The molecule has 0 saturated heterocycles. The molecule has 1 saturated carbocycles. The van der Waals surface area contributed by atoms with E-state index >= 15 is 0 Å². The van der Waals surface area contributed by atoms with Gasteiger partial charge in [0.25, 0.3) is 0 Å². The zero-order chi connectivity index (χ0) is 15.5. The van der Waals surface area contributed by atoms with Gasteiger partial charge in [-0.25, -0.2) is 0 Å². The Labute approximate surface area is 134 Å². The summed E-state index contributed by atoms with van der Waals surface area (Å²) < 4.78 is 0. The zero-order valence-corrected chi connectivity index (χ0v) is 13.2. The molecule has 5 heteroatoms. The van der Waals surface area contributed by atoms with Crippen LogP contribution in [0.3, 0.4) is 0 Å². The standard InChI is InChI=1S/C16H18Cl2O3/c17-11-4-5-13(18)12(8-11)14(19)9-16(10-15(20)21)6-2-1-3-7-16/h4-5,8H,1-3,6-7,9-10H2,(H,20,21). The lowest BCUT2D eigenvalue weighted by Gasteiger charge is -2.35. The number of hydrogen-bond acceptors (Lipinski definition) is 2. The Morgan fingerprint density at radius 3 is 2.38 bits per heavy atom. The second-order valence-electron chi connectivity index (χ2n) is 5.86. The van der Waals surface area contributed by atoms with E-state index < -0.39 is 11.4 Å². The summed E-state index contributed by atoms with van der Waals surface area (Å²) in [7, 11) is 0. The van der Waals surface area contributed by atoms with Crippen molar-refractivity contribution in [2.24, 2.45) is 5.41 Å². The number of carboxylic acid groups (broad SMARTS) is 1. The maximum Gasteiger partial charge on any atom is 0.303 e. The number of benzene rings is 1. The van der Waals surface area contributed by atoms with Crippen LogP contribution in [0.5, 0.6) is 0 Å². The number of ketones is 1. The highest BCUT2D eigenvalue weighted by molar-refractivity contribution is 6.35. The van der Waals surface area contributed by atoms with Crippen molar-refractivity contribution in [3.63, 3.8) is 0 Å². The van der Waals surface area contributed by atoms with E-state index in [4.69, 9.17) is 28.3 Å². The normalized spacial score (nSPS) is 17.4. The van der Waals surface area contributed by atoms with Crippen LogP contribution < -0.4 is 0 Å². The van der Waals surface area contributed by atoms with Crippen molar-refractivity contribution < 1.29 is 14.7 Å². The van der Waals surface area contributed by atoms with Crippen LogP contribution >= 0.6 is 23.2 Å². The molecule has 0 atom stereocenters. The summed E-state index contributed by atoms with van der Waals surface area (Å²) in [6, 6.07) is 4.79. The number of Topliss-reactive ketones (excluding diaryl/α,β-unsaturated/α-hetero) is 1. The summed E-state index contributed by atoms with van der Waals surface area (Å²) in [5.41, 5.74) is -0.0493. The molecular weight excluding hydrogens is 311 g/mol. The predicted octanol–water partition coefficient (Wildman–Crippen LogP) is 4.99. The van der Waals surface area contributed by atoms with Gasteiger partial charge in [-0.3, -0.25) is 9.59 Å². The second kappa shape index (κ2) is 6.80. The number of rotatable bonds is 5. The lowest BCUT2D eigenvalue weighted by atomic mass is 9.68. The van der Waals surface area contributed by atoms with Crippen molar-refractivity contribution in [2.45, 2.75) is 44.9 Å². The third kappa shape index (κ3) is 4.21. The largest absolute Gasteiger partial charge is 0.481 e. The number of halogens is 2. The molecule has 21 heavy (non-hydrogen) atoms. The minimum absolute atomic E-state index is 0.0386. The molecule has 0 aliphatic heterocycles. The Balaban J connectivity index is 2.21. The summed E-state index contributed by atoms with van der Waals surface area (Å²) in [6.45, 7) is 0. The van der Waals surface area contributed by atoms with Crippen molar-refractivity contribution in [3.8, 4) is 0 Å². The molecule has 1 N–H and O–H groups in total. The van der Waals surface area contributed by atoms with E-state index in [-0.39, 0.29) is 18.6 Å².